The molecule has 0 radical (unpaired) electrons. The van der Waals surface area contributed by atoms with E-state index in [4.69, 9.17) is 16.7 Å². The fourth-order valence-electron chi connectivity index (χ4n) is 1.83. The number of hydrogen-bond acceptors (Lipinski definition) is 3. The van der Waals surface area contributed by atoms with Gasteiger partial charge in [-0.2, -0.15) is 0 Å². The molecule has 0 aromatic carbocycles. The predicted octanol–water partition coefficient (Wildman–Crippen LogP) is 1.98. The van der Waals surface area contributed by atoms with Crippen molar-refractivity contribution in [3.05, 3.63) is 17.0 Å². The highest BCUT2D eigenvalue weighted by atomic mass is 32.1. The second kappa shape index (κ2) is 4.41. The molecule has 0 amide bonds. The van der Waals surface area contributed by atoms with Gasteiger partial charge in [-0.1, -0.05) is 5.16 Å². The van der Waals surface area contributed by atoms with Gasteiger partial charge in [0.25, 0.3) is 0 Å². The van der Waals surface area contributed by atoms with Crippen LogP contribution in [0, 0.1) is 13.8 Å². The Morgan fingerprint density at radius 1 is 1.50 bits per heavy atom. The summed E-state index contributed by atoms with van der Waals surface area (Å²) in [6.07, 6.45) is 2.45. The predicted molar refractivity (Wildman–Crippen MR) is 66.3 cm³/mol. The average Bonchev–Trinajstić information content (AvgIpc) is 2.92. The Morgan fingerprint density at radius 3 is 2.69 bits per heavy atom. The van der Waals surface area contributed by atoms with E-state index in [1.165, 1.54) is 12.8 Å². The Labute approximate surface area is 101 Å². The first-order valence-electron chi connectivity index (χ1n) is 5.57. The van der Waals surface area contributed by atoms with E-state index >= 15 is 0 Å². The lowest BCUT2D eigenvalue weighted by molar-refractivity contribution is 0.391. The van der Waals surface area contributed by atoms with E-state index in [2.05, 4.69) is 22.7 Å². The molecule has 1 aromatic rings. The lowest BCUT2D eigenvalue weighted by Crippen LogP contribution is -2.38. The molecule has 1 fully saturated rings. The zero-order valence-corrected chi connectivity index (χ0v) is 10.6. The summed E-state index contributed by atoms with van der Waals surface area (Å²) in [7, 11) is 0. The van der Waals surface area contributed by atoms with Crippen LogP contribution in [0.25, 0.3) is 0 Å². The second-order valence-corrected chi connectivity index (χ2v) is 4.76. The van der Waals surface area contributed by atoms with E-state index in [1.807, 2.05) is 13.8 Å². The van der Waals surface area contributed by atoms with Crippen molar-refractivity contribution in [1.82, 2.24) is 15.8 Å². The number of nitrogens with zero attached hydrogens (tertiary/aromatic N) is 1. The Morgan fingerprint density at radius 2 is 2.19 bits per heavy atom. The Hall–Kier alpha value is -1.10. The van der Waals surface area contributed by atoms with Crippen LogP contribution < -0.4 is 10.6 Å². The summed E-state index contributed by atoms with van der Waals surface area (Å²) in [6, 6.07) is 0.710. The molecule has 2 N–H and O–H groups in total. The van der Waals surface area contributed by atoms with Crippen LogP contribution in [-0.4, -0.2) is 16.3 Å². The summed E-state index contributed by atoms with van der Waals surface area (Å²) in [5.74, 6) is 0.853. The van der Waals surface area contributed by atoms with Gasteiger partial charge in [0.15, 0.2) is 5.11 Å². The molecule has 4 nitrogen and oxygen atoms in total. The lowest BCUT2D eigenvalue weighted by atomic mass is 10.1. The fraction of sp³-hybridized carbons (Fsp3) is 0.636. The first kappa shape index (κ1) is 11.4. The maximum atomic E-state index is 5.23. The zero-order valence-electron chi connectivity index (χ0n) is 9.83. The van der Waals surface area contributed by atoms with Gasteiger partial charge in [0.05, 0.1) is 11.7 Å². The molecular formula is C11H17N3OS. The number of aromatic nitrogens is 1. The van der Waals surface area contributed by atoms with Crippen molar-refractivity contribution in [3.8, 4) is 0 Å². The third-order valence-corrected chi connectivity index (χ3v) is 3.02. The highest BCUT2D eigenvalue weighted by Crippen LogP contribution is 2.22. The van der Waals surface area contributed by atoms with Gasteiger partial charge in [-0.15, -0.1) is 0 Å². The molecule has 0 spiro atoms. The molecular weight excluding hydrogens is 222 g/mol. The highest BCUT2D eigenvalue weighted by molar-refractivity contribution is 7.80. The molecule has 1 atom stereocenters. The quantitative estimate of drug-likeness (QED) is 0.790. The van der Waals surface area contributed by atoms with Crippen LogP contribution in [0.5, 0.6) is 0 Å². The van der Waals surface area contributed by atoms with Crippen molar-refractivity contribution >= 4 is 17.3 Å². The van der Waals surface area contributed by atoms with Crippen LogP contribution in [0.3, 0.4) is 0 Å². The molecule has 1 unspecified atom stereocenters. The molecule has 0 bridgehead atoms. The fourth-order valence-corrected chi connectivity index (χ4v) is 2.18. The van der Waals surface area contributed by atoms with Gasteiger partial charge < -0.3 is 15.2 Å². The van der Waals surface area contributed by atoms with Crippen LogP contribution in [0.1, 0.15) is 42.8 Å². The lowest BCUT2D eigenvalue weighted by Gasteiger charge is -2.16. The summed E-state index contributed by atoms with van der Waals surface area (Å²) < 4.78 is 5.14. The minimum atomic E-state index is 0.130. The van der Waals surface area contributed by atoms with Gasteiger partial charge in [-0.25, -0.2) is 0 Å². The van der Waals surface area contributed by atoms with E-state index in [9.17, 15) is 0 Å². The largest absolute Gasteiger partial charge is 0.361 e. The molecule has 0 saturated heterocycles. The second-order valence-electron chi connectivity index (χ2n) is 4.35. The number of thiocarbonyl (C=S) groups is 1. The smallest absolute Gasteiger partial charge is 0.166 e. The van der Waals surface area contributed by atoms with E-state index in [-0.39, 0.29) is 6.04 Å². The van der Waals surface area contributed by atoms with Crippen molar-refractivity contribution in [2.45, 2.75) is 45.7 Å². The molecule has 5 heteroatoms. The van der Waals surface area contributed by atoms with E-state index in [0.29, 0.717) is 6.04 Å². The number of aryl methyl sites for hydroxylation is 2. The van der Waals surface area contributed by atoms with Crippen molar-refractivity contribution in [3.63, 3.8) is 0 Å². The summed E-state index contributed by atoms with van der Waals surface area (Å²) in [5, 5.41) is 11.2. The minimum Gasteiger partial charge on any atom is -0.361 e. The monoisotopic (exact) mass is 239 g/mol. The maximum Gasteiger partial charge on any atom is 0.166 e. The highest BCUT2D eigenvalue weighted by Gasteiger charge is 2.23. The molecule has 1 saturated carbocycles. The normalized spacial score (nSPS) is 16.9. The molecule has 1 aromatic heterocycles. The molecule has 2 rings (SSSR count). The molecule has 1 aliphatic carbocycles. The van der Waals surface area contributed by atoms with Crippen molar-refractivity contribution in [1.29, 1.82) is 0 Å². The Bertz CT molecular complexity index is 378. The minimum absolute atomic E-state index is 0.130. The molecule has 1 heterocycles. The van der Waals surface area contributed by atoms with Gasteiger partial charge in [0.2, 0.25) is 0 Å². The van der Waals surface area contributed by atoms with Gasteiger partial charge in [0, 0.05) is 11.6 Å². The summed E-state index contributed by atoms with van der Waals surface area (Å²) in [4.78, 5) is 0. The maximum absolute atomic E-state index is 5.23. The van der Waals surface area contributed by atoms with Crippen molar-refractivity contribution in [2.24, 2.45) is 0 Å². The molecule has 1 aliphatic rings. The standard InChI is InChI=1S/C11H17N3OS/c1-6(10-7(2)14-15-8(10)3)12-11(16)13-9-4-5-9/h6,9H,4-5H2,1-3H3,(H2,12,13,16). The molecule has 0 aliphatic heterocycles. The third-order valence-electron chi connectivity index (χ3n) is 2.78. The number of rotatable bonds is 3. The Kier molecular flexibility index (Phi) is 3.14. The van der Waals surface area contributed by atoms with Crippen LogP contribution in [-0.2, 0) is 0 Å². The van der Waals surface area contributed by atoms with Gasteiger partial charge in [-0.05, 0) is 45.8 Å². The van der Waals surface area contributed by atoms with Crippen LogP contribution in [0.15, 0.2) is 4.52 Å². The van der Waals surface area contributed by atoms with Gasteiger partial charge in [0.1, 0.15) is 5.76 Å². The summed E-state index contributed by atoms with van der Waals surface area (Å²) in [5.41, 5.74) is 2.02. The van der Waals surface area contributed by atoms with Crippen molar-refractivity contribution in [2.75, 3.05) is 0 Å². The Balaban J connectivity index is 1.96. The SMILES string of the molecule is Cc1noc(C)c1C(C)NC(=S)NC1CC1. The van der Waals surface area contributed by atoms with E-state index < -0.39 is 0 Å². The molecule has 88 valence electrons. The summed E-state index contributed by atoms with van der Waals surface area (Å²) >= 11 is 5.23. The zero-order chi connectivity index (χ0) is 11.7. The van der Waals surface area contributed by atoms with Gasteiger partial charge >= 0.3 is 0 Å². The first-order chi connectivity index (χ1) is 7.58. The topological polar surface area (TPSA) is 50.1 Å². The number of nitrogens with one attached hydrogen (secondary N) is 2. The number of hydrogen-bond donors (Lipinski definition) is 2. The average molecular weight is 239 g/mol. The molecule has 16 heavy (non-hydrogen) atoms. The van der Waals surface area contributed by atoms with Crippen molar-refractivity contribution < 1.29 is 4.52 Å². The van der Waals surface area contributed by atoms with E-state index in [1.54, 1.807) is 0 Å². The first-order valence-corrected chi connectivity index (χ1v) is 5.98. The summed E-state index contributed by atoms with van der Waals surface area (Å²) in [6.45, 7) is 5.93. The van der Waals surface area contributed by atoms with Crippen LogP contribution >= 0.6 is 12.2 Å². The van der Waals surface area contributed by atoms with Crippen LogP contribution in [0.2, 0.25) is 0 Å². The van der Waals surface area contributed by atoms with E-state index in [0.717, 1.165) is 22.1 Å². The van der Waals surface area contributed by atoms with Crippen LogP contribution in [0.4, 0.5) is 0 Å². The third kappa shape index (κ3) is 2.52. The van der Waals surface area contributed by atoms with Gasteiger partial charge in [-0.3, -0.25) is 0 Å².